The maximum atomic E-state index is 12.8. The van der Waals surface area contributed by atoms with E-state index in [0.29, 0.717) is 36.3 Å². The van der Waals surface area contributed by atoms with Gasteiger partial charge in [0.1, 0.15) is 5.82 Å². The lowest BCUT2D eigenvalue weighted by Gasteiger charge is -2.27. The Morgan fingerprint density at radius 2 is 1.91 bits per heavy atom. The highest BCUT2D eigenvalue weighted by molar-refractivity contribution is 9.10. The van der Waals surface area contributed by atoms with Crippen LogP contribution in [-0.2, 0) is 25.7 Å². The van der Waals surface area contributed by atoms with Crippen molar-refractivity contribution in [3.8, 4) is 11.4 Å². The van der Waals surface area contributed by atoms with Crippen molar-refractivity contribution in [1.29, 1.82) is 0 Å². The van der Waals surface area contributed by atoms with Gasteiger partial charge in [-0.25, -0.2) is 4.98 Å². The molecule has 0 atom stereocenters. The zero-order valence-corrected chi connectivity index (χ0v) is 18.3. The quantitative estimate of drug-likeness (QED) is 0.401. The maximum absolute atomic E-state index is 12.8. The van der Waals surface area contributed by atoms with Gasteiger partial charge in [-0.3, -0.25) is 9.69 Å². The largest absolute Gasteiger partial charge is 0.416 e. The van der Waals surface area contributed by atoms with Gasteiger partial charge < -0.3 is 9.97 Å². The van der Waals surface area contributed by atoms with E-state index in [2.05, 4.69) is 35.8 Å². The van der Waals surface area contributed by atoms with Gasteiger partial charge in [0.05, 0.1) is 16.8 Å². The van der Waals surface area contributed by atoms with Crippen molar-refractivity contribution in [2.24, 2.45) is 0 Å². The molecule has 1 aliphatic rings. The number of hydrogen-bond acceptors (Lipinski definition) is 3. The van der Waals surface area contributed by atoms with Crippen LogP contribution in [0.5, 0.6) is 0 Å². The molecule has 4 aromatic rings. The van der Waals surface area contributed by atoms with Crippen molar-refractivity contribution in [1.82, 2.24) is 19.9 Å². The number of aromatic nitrogens is 3. The lowest BCUT2D eigenvalue weighted by molar-refractivity contribution is -0.137. The summed E-state index contributed by atoms with van der Waals surface area (Å²) in [7, 11) is 0. The third-order valence-corrected chi connectivity index (χ3v) is 6.42. The molecule has 0 aliphatic carbocycles. The molecule has 0 amide bonds. The summed E-state index contributed by atoms with van der Waals surface area (Å²) < 4.78 is 39.4. The standard InChI is InChI=1S/C23H18BrF3N4O/c24-17-2-1-3-19-20(17)14(10-28-19)11-31-9-8-18-16(12-31)22(32)30-21(29-18)13-4-6-15(7-5-13)23(25,26)27/h1-7,10,28H,8-9,11-12H2,(H,29,30,32). The van der Waals surface area contributed by atoms with E-state index in [1.54, 1.807) is 0 Å². The number of aromatic amines is 2. The number of fused-ring (bicyclic) bond motifs is 2. The number of nitrogens with zero attached hydrogens (tertiary/aromatic N) is 2. The Kier molecular flexibility index (Phi) is 5.17. The fourth-order valence-electron chi connectivity index (χ4n) is 4.14. The molecule has 0 radical (unpaired) electrons. The Balaban J connectivity index is 1.39. The van der Waals surface area contributed by atoms with Crippen molar-refractivity contribution in [2.45, 2.75) is 25.7 Å². The molecule has 2 N–H and O–H groups in total. The van der Waals surface area contributed by atoms with Crippen molar-refractivity contribution < 1.29 is 13.2 Å². The molecule has 5 nitrogen and oxygen atoms in total. The molecule has 0 spiro atoms. The van der Waals surface area contributed by atoms with Gasteiger partial charge in [-0.2, -0.15) is 13.2 Å². The summed E-state index contributed by atoms with van der Waals surface area (Å²) in [6.45, 7) is 1.87. The fourth-order valence-corrected chi connectivity index (χ4v) is 4.76. The average molecular weight is 503 g/mol. The molecule has 3 heterocycles. The van der Waals surface area contributed by atoms with Crippen LogP contribution in [0.15, 0.2) is 57.9 Å². The van der Waals surface area contributed by atoms with Gasteiger partial charge in [-0.15, -0.1) is 0 Å². The molecular weight excluding hydrogens is 485 g/mol. The van der Waals surface area contributed by atoms with E-state index in [-0.39, 0.29) is 11.4 Å². The van der Waals surface area contributed by atoms with Crippen molar-refractivity contribution in [3.63, 3.8) is 0 Å². The Labute approximate surface area is 189 Å². The molecule has 0 unspecified atom stereocenters. The summed E-state index contributed by atoms with van der Waals surface area (Å²) in [5.74, 6) is 0.288. The summed E-state index contributed by atoms with van der Waals surface area (Å²) in [6.07, 6.45) is -1.82. The number of halogens is 4. The minimum Gasteiger partial charge on any atom is -0.361 e. The molecule has 0 saturated heterocycles. The van der Waals surface area contributed by atoms with Crippen LogP contribution in [0.4, 0.5) is 13.2 Å². The Morgan fingerprint density at radius 1 is 1.12 bits per heavy atom. The van der Waals surface area contributed by atoms with Crippen LogP contribution in [0.3, 0.4) is 0 Å². The van der Waals surface area contributed by atoms with Gasteiger partial charge in [0.15, 0.2) is 0 Å². The smallest absolute Gasteiger partial charge is 0.361 e. The van der Waals surface area contributed by atoms with Crippen LogP contribution in [0.25, 0.3) is 22.3 Å². The minimum atomic E-state index is -4.40. The predicted octanol–water partition coefficient (Wildman–Crippen LogP) is 5.26. The van der Waals surface area contributed by atoms with Gasteiger partial charge in [-0.05, 0) is 29.8 Å². The highest BCUT2D eigenvalue weighted by Gasteiger charge is 2.30. The van der Waals surface area contributed by atoms with Crippen molar-refractivity contribution >= 4 is 26.8 Å². The van der Waals surface area contributed by atoms with Crippen LogP contribution in [0.2, 0.25) is 0 Å². The zero-order chi connectivity index (χ0) is 22.5. The second kappa shape index (κ2) is 7.90. The molecule has 9 heteroatoms. The molecule has 5 rings (SSSR count). The van der Waals surface area contributed by atoms with E-state index < -0.39 is 11.7 Å². The number of alkyl halides is 3. The van der Waals surface area contributed by atoms with Crippen LogP contribution in [0.1, 0.15) is 22.4 Å². The number of H-pyrrole nitrogens is 2. The second-order valence-electron chi connectivity index (χ2n) is 7.85. The van der Waals surface area contributed by atoms with E-state index >= 15 is 0 Å². The average Bonchev–Trinajstić information content (AvgIpc) is 3.17. The maximum Gasteiger partial charge on any atom is 0.416 e. The predicted molar refractivity (Wildman–Crippen MR) is 119 cm³/mol. The number of rotatable bonds is 3. The van der Waals surface area contributed by atoms with Crippen LogP contribution in [-0.4, -0.2) is 26.4 Å². The first kappa shape index (κ1) is 21.0. The van der Waals surface area contributed by atoms with Gasteiger partial charge in [0, 0.05) is 53.2 Å². The molecule has 0 saturated carbocycles. The number of hydrogen-bond donors (Lipinski definition) is 2. The third kappa shape index (κ3) is 3.86. The molecule has 0 bridgehead atoms. The third-order valence-electron chi connectivity index (χ3n) is 5.76. The molecule has 2 aromatic heterocycles. The summed E-state index contributed by atoms with van der Waals surface area (Å²) >= 11 is 3.61. The van der Waals surface area contributed by atoms with E-state index in [0.717, 1.165) is 39.6 Å². The van der Waals surface area contributed by atoms with Gasteiger partial charge >= 0.3 is 6.18 Å². The van der Waals surface area contributed by atoms with Gasteiger partial charge in [-0.1, -0.05) is 34.1 Å². The van der Waals surface area contributed by atoms with E-state index in [9.17, 15) is 18.0 Å². The zero-order valence-electron chi connectivity index (χ0n) is 16.8. The first-order valence-electron chi connectivity index (χ1n) is 10.1. The summed E-state index contributed by atoms with van der Waals surface area (Å²) in [5, 5.41) is 1.13. The minimum absolute atomic E-state index is 0.255. The molecule has 2 aromatic carbocycles. The first-order chi connectivity index (χ1) is 15.3. The SMILES string of the molecule is O=c1[nH]c(-c2ccc(C(F)(F)F)cc2)nc2c1CN(Cc1c[nH]c3cccc(Br)c13)CC2. The van der Waals surface area contributed by atoms with Crippen LogP contribution < -0.4 is 5.56 Å². The number of benzene rings is 2. The highest BCUT2D eigenvalue weighted by Crippen LogP contribution is 2.31. The highest BCUT2D eigenvalue weighted by atomic mass is 79.9. The van der Waals surface area contributed by atoms with Gasteiger partial charge in [0.25, 0.3) is 5.56 Å². The molecule has 164 valence electrons. The van der Waals surface area contributed by atoms with Crippen molar-refractivity contribution in [3.05, 3.63) is 85.9 Å². The Hall–Kier alpha value is -2.91. The van der Waals surface area contributed by atoms with E-state index in [1.165, 1.54) is 12.1 Å². The molecule has 1 aliphatic heterocycles. The normalized spacial score (nSPS) is 14.6. The first-order valence-corrected chi connectivity index (χ1v) is 10.9. The molecule has 32 heavy (non-hydrogen) atoms. The van der Waals surface area contributed by atoms with Crippen LogP contribution >= 0.6 is 15.9 Å². The summed E-state index contributed by atoms with van der Waals surface area (Å²) in [4.78, 5) is 25.6. The summed E-state index contributed by atoms with van der Waals surface area (Å²) in [5.41, 5.74) is 2.94. The lowest BCUT2D eigenvalue weighted by atomic mass is 10.0. The van der Waals surface area contributed by atoms with Crippen molar-refractivity contribution in [2.75, 3.05) is 6.54 Å². The second-order valence-corrected chi connectivity index (χ2v) is 8.71. The van der Waals surface area contributed by atoms with E-state index in [4.69, 9.17) is 0 Å². The fraction of sp³-hybridized carbons (Fsp3) is 0.217. The van der Waals surface area contributed by atoms with Crippen LogP contribution in [0, 0.1) is 0 Å². The molecular formula is C23H18BrF3N4O. The Bertz CT molecular complexity index is 1360. The molecule has 0 fully saturated rings. The topological polar surface area (TPSA) is 64.8 Å². The van der Waals surface area contributed by atoms with Gasteiger partial charge in [0.2, 0.25) is 0 Å². The number of nitrogens with one attached hydrogen (secondary N) is 2. The van der Waals surface area contributed by atoms with E-state index in [1.807, 2.05) is 24.4 Å². The monoisotopic (exact) mass is 502 g/mol. The Morgan fingerprint density at radius 3 is 2.66 bits per heavy atom. The summed E-state index contributed by atoms with van der Waals surface area (Å²) in [6, 6.07) is 10.7. The lowest BCUT2D eigenvalue weighted by Crippen LogP contribution is -2.35.